The van der Waals surface area contributed by atoms with E-state index in [-0.39, 0.29) is 18.6 Å². The third kappa shape index (κ3) is 4.39. The number of rotatable bonds is 6. The van der Waals surface area contributed by atoms with Crippen LogP contribution in [0.4, 0.5) is 0 Å². The van der Waals surface area contributed by atoms with Crippen LogP contribution in [0.3, 0.4) is 0 Å². The van der Waals surface area contributed by atoms with E-state index in [4.69, 9.17) is 0 Å². The van der Waals surface area contributed by atoms with Crippen LogP contribution in [-0.4, -0.2) is 28.6 Å². The molecule has 1 heterocycles. The van der Waals surface area contributed by atoms with E-state index in [1.165, 1.54) is 0 Å². The molecule has 23 heavy (non-hydrogen) atoms. The summed E-state index contributed by atoms with van der Waals surface area (Å²) in [4.78, 5) is 16.9. The second kappa shape index (κ2) is 7.88. The minimum absolute atomic E-state index is 0.0527. The van der Waals surface area contributed by atoms with Crippen molar-refractivity contribution in [2.24, 2.45) is 5.92 Å². The van der Waals surface area contributed by atoms with E-state index >= 15 is 0 Å². The number of hydrogen-bond acceptors (Lipinski definition) is 3. The van der Waals surface area contributed by atoms with Gasteiger partial charge in [-0.3, -0.25) is 9.78 Å². The topological polar surface area (TPSA) is 62.2 Å². The van der Waals surface area contributed by atoms with E-state index < -0.39 is 0 Å². The molecule has 4 heteroatoms. The molecule has 0 saturated carbocycles. The fraction of sp³-hybridized carbons (Fsp3) is 0.368. The first kappa shape index (κ1) is 17.2. The predicted molar refractivity (Wildman–Crippen MR) is 92.2 cm³/mol. The van der Waals surface area contributed by atoms with Gasteiger partial charge in [-0.25, -0.2) is 0 Å². The van der Waals surface area contributed by atoms with Gasteiger partial charge in [0.25, 0.3) is 5.91 Å². The largest absolute Gasteiger partial charge is 0.394 e. The van der Waals surface area contributed by atoms with Crippen LogP contribution in [0.2, 0.25) is 0 Å². The van der Waals surface area contributed by atoms with Crippen molar-refractivity contribution in [1.29, 1.82) is 0 Å². The molecular formula is C19H24N2O2. The second-order valence-electron chi connectivity index (χ2n) is 6.18. The van der Waals surface area contributed by atoms with Crippen molar-refractivity contribution >= 4 is 5.91 Å². The molecule has 1 aromatic carbocycles. The van der Waals surface area contributed by atoms with Crippen molar-refractivity contribution in [2.45, 2.75) is 33.2 Å². The first-order chi connectivity index (χ1) is 11.0. The lowest BCUT2D eigenvalue weighted by Gasteiger charge is -2.19. The quantitative estimate of drug-likeness (QED) is 0.861. The Balaban J connectivity index is 2.25. The van der Waals surface area contributed by atoms with E-state index in [1.54, 1.807) is 12.3 Å². The van der Waals surface area contributed by atoms with E-state index in [0.29, 0.717) is 11.5 Å². The van der Waals surface area contributed by atoms with Crippen LogP contribution in [0.5, 0.6) is 0 Å². The molecule has 0 spiro atoms. The lowest BCUT2D eigenvalue weighted by Crippen LogP contribution is -2.38. The fourth-order valence-electron chi connectivity index (χ4n) is 2.69. The molecule has 0 fully saturated rings. The SMILES string of the molecule is Cc1c(C(=O)NC(CO)CC(C)C)cccc1-c1ccccn1. The highest BCUT2D eigenvalue weighted by Gasteiger charge is 2.17. The standard InChI is InChI=1S/C19H24N2O2/c1-13(2)11-15(12-22)21-19(23)17-8-6-7-16(14(17)3)18-9-4-5-10-20-18/h4-10,13,15,22H,11-12H2,1-3H3,(H,21,23). The molecule has 0 radical (unpaired) electrons. The summed E-state index contributed by atoms with van der Waals surface area (Å²) in [5.41, 5.74) is 3.31. The van der Waals surface area contributed by atoms with Crippen molar-refractivity contribution < 1.29 is 9.90 Å². The second-order valence-corrected chi connectivity index (χ2v) is 6.18. The Hall–Kier alpha value is -2.20. The zero-order valence-corrected chi connectivity index (χ0v) is 13.9. The number of pyridine rings is 1. The zero-order valence-electron chi connectivity index (χ0n) is 13.9. The van der Waals surface area contributed by atoms with Crippen molar-refractivity contribution in [2.75, 3.05) is 6.61 Å². The van der Waals surface area contributed by atoms with Crippen LogP contribution in [0.25, 0.3) is 11.3 Å². The molecule has 2 aromatic rings. The Morgan fingerprint density at radius 1 is 1.22 bits per heavy atom. The van der Waals surface area contributed by atoms with Gasteiger partial charge in [-0.15, -0.1) is 0 Å². The minimum Gasteiger partial charge on any atom is -0.394 e. The van der Waals surface area contributed by atoms with Crippen LogP contribution in [0.1, 0.15) is 36.2 Å². The highest BCUT2D eigenvalue weighted by atomic mass is 16.3. The van der Waals surface area contributed by atoms with E-state index in [2.05, 4.69) is 24.1 Å². The lowest BCUT2D eigenvalue weighted by molar-refractivity contribution is 0.0908. The maximum atomic E-state index is 12.6. The van der Waals surface area contributed by atoms with Crippen molar-refractivity contribution in [3.05, 3.63) is 53.7 Å². The van der Waals surface area contributed by atoms with Crippen LogP contribution in [0.15, 0.2) is 42.6 Å². The first-order valence-corrected chi connectivity index (χ1v) is 7.95. The van der Waals surface area contributed by atoms with Gasteiger partial charge in [-0.2, -0.15) is 0 Å². The Morgan fingerprint density at radius 3 is 2.61 bits per heavy atom. The molecule has 4 nitrogen and oxygen atoms in total. The smallest absolute Gasteiger partial charge is 0.251 e. The average Bonchev–Trinajstić information content (AvgIpc) is 2.54. The summed E-state index contributed by atoms with van der Waals surface area (Å²) >= 11 is 0. The number of nitrogens with zero attached hydrogens (tertiary/aromatic N) is 1. The molecule has 1 amide bonds. The number of carbonyl (C=O) groups excluding carboxylic acids is 1. The molecule has 1 atom stereocenters. The number of aliphatic hydroxyl groups is 1. The summed E-state index contributed by atoms with van der Waals surface area (Å²) in [5.74, 6) is 0.258. The van der Waals surface area contributed by atoms with Crippen molar-refractivity contribution in [3.63, 3.8) is 0 Å². The maximum absolute atomic E-state index is 12.6. The monoisotopic (exact) mass is 312 g/mol. The molecule has 122 valence electrons. The highest BCUT2D eigenvalue weighted by Crippen LogP contribution is 2.24. The summed E-state index contributed by atoms with van der Waals surface area (Å²) in [6.45, 7) is 6.02. The van der Waals surface area contributed by atoms with Gasteiger partial charge in [0, 0.05) is 17.3 Å². The lowest BCUT2D eigenvalue weighted by atomic mass is 9.98. The normalized spacial score (nSPS) is 12.2. The molecule has 1 aromatic heterocycles. The van der Waals surface area contributed by atoms with Crippen molar-refractivity contribution in [1.82, 2.24) is 10.3 Å². The Labute approximate surface area is 137 Å². The molecule has 0 aliphatic heterocycles. The minimum atomic E-state index is -0.222. The number of aromatic nitrogens is 1. The number of aliphatic hydroxyl groups excluding tert-OH is 1. The number of nitrogens with one attached hydrogen (secondary N) is 1. The van der Waals surface area contributed by atoms with Gasteiger partial charge >= 0.3 is 0 Å². The summed E-state index contributed by atoms with van der Waals surface area (Å²) in [7, 11) is 0. The molecule has 1 unspecified atom stereocenters. The fourth-order valence-corrected chi connectivity index (χ4v) is 2.69. The van der Waals surface area contributed by atoms with Gasteiger partial charge in [-0.1, -0.05) is 32.0 Å². The van der Waals surface area contributed by atoms with Gasteiger partial charge in [0.1, 0.15) is 0 Å². The maximum Gasteiger partial charge on any atom is 0.251 e. The van der Waals surface area contributed by atoms with E-state index in [1.807, 2.05) is 37.3 Å². The number of amides is 1. The third-order valence-electron chi connectivity index (χ3n) is 3.83. The van der Waals surface area contributed by atoms with Gasteiger partial charge in [0.2, 0.25) is 0 Å². The number of benzene rings is 1. The van der Waals surface area contributed by atoms with Crippen LogP contribution < -0.4 is 5.32 Å². The van der Waals surface area contributed by atoms with Crippen LogP contribution in [0, 0.1) is 12.8 Å². The summed E-state index contributed by atoms with van der Waals surface area (Å²) in [6, 6.07) is 11.1. The van der Waals surface area contributed by atoms with E-state index in [0.717, 1.165) is 23.2 Å². The van der Waals surface area contributed by atoms with Crippen LogP contribution >= 0.6 is 0 Å². The Kier molecular flexibility index (Phi) is 5.88. The number of hydrogen-bond donors (Lipinski definition) is 2. The summed E-state index contributed by atoms with van der Waals surface area (Å²) in [5, 5.41) is 12.4. The summed E-state index contributed by atoms with van der Waals surface area (Å²) in [6.07, 6.45) is 2.49. The van der Waals surface area contributed by atoms with Gasteiger partial charge in [-0.05, 0) is 43.0 Å². The first-order valence-electron chi connectivity index (χ1n) is 7.95. The molecule has 0 saturated heterocycles. The van der Waals surface area contributed by atoms with Gasteiger partial charge < -0.3 is 10.4 Å². The third-order valence-corrected chi connectivity index (χ3v) is 3.83. The molecule has 0 bridgehead atoms. The molecule has 0 aliphatic carbocycles. The van der Waals surface area contributed by atoms with E-state index in [9.17, 15) is 9.90 Å². The van der Waals surface area contributed by atoms with Gasteiger partial charge in [0.05, 0.1) is 18.3 Å². The Morgan fingerprint density at radius 2 is 2.00 bits per heavy atom. The van der Waals surface area contributed by atoms with Crippen LogP contribution in [-0.2, 0) is 0 Å². The molecule has 2 rings (SSSR count). The summed E-state index contributed by atoms with van der Waals surface area (Å²) < 4.78 is 0. The van der Waals surface area contributed by atoms with Crippen molar-refractivity contribution in [3.8, 4) is 11.3 Å². The highest BCUT2D eigenvalue weighted by molar-refractivity contribution is 5.97. The Bertz CT molecular complexity index is 654. The molecule has 2 N–H and O–H groups in total. The van der Waals surface area contributed by atoms with Gasteiger partial charge in [0.15, 0.2) is 0 Å². The molecular weight excluding hydrogens is 288 g/mol. The number of carbonyl (C=O) groups is 1. The molecule has 0 aliphatic rings. The predicted octanol–water partition coefficient (Wildman–Crippen LogP) is 3.19. The average molecular weight is 312 g/mol. The zero-order chi connectivity index (χ0) is 16.8.